The summed E-state index contributed by atoms with van der Waals surface area (Å²) in [6, 6.07) is 2.02. The lowest BCUT2D eigenvalue weighted by Gasteiger charge is -2.41. The third-order valence-electron chi connectivity index (χ3n) is 5.83. The van der Waals surface area contributed by atoms with Gasteiger partial charge in [-0.25, -0.2) is 34.3 Å². The summed E-state index contributed by atoms with van der Waals surface area (Å²) in [6.07, 6.45) is 13.3. The van der Waals surface area contributed by atoms with Gasteiger partial charge in [-0.05, 0) is 6.07 Å². The molecule has 0 N–H and O–H groups in total. The van der Waals surface area contributed by atoms with Gasteiger partial charge in [-0.1, -0.05) is 11.8 Å². The zero-order valence-corrected chi connectivity index (χ0v) is 20.3. The Balaban J connectivity index is 1.22. The molecule has 4 aromatic heterocycles. The number of aryl methyl sites for hydroxylation is 1. The molecule has 5 heterocycles. The van der Waals surface area contributed by atoms with E-state index in [2.05, 4.69) is 56.6 Å². The van der Waals surface area contributed by atoms with Crippen LogP contribution in [0.1, 0.15) is 11.1 Å². The SMILES string of the molecule is COC[C@H]1CN(c2ncc(C#Cc3cnc(-c4cnn(CCF)c4)nc3)cn2)CCN1c1ccncn1. The van der Waals surface area contributed by atoms with Crippen molar-refractivity contribution in [2.24, 2.45) is 0 Å². The predicted molar refractivity (Wildman–Crippen MR) is 134 cm³/mol. The molecule has 0 aromatic carbocycles. The summed E-state index contributed by atoms with van der Waals surface area (Å²) in [5, 5.41) is 4.09. The molecule has 0 spiro atoms. The van der Waals surface area contributed by atoms with E-state index in [-0.39, 0.29) is 12.6 Å². The molecule has 0 amide bonds. The fourth-order valence-corrected chi connectivity index (χ4v) is 4.05. The van der Waals surface area contributed by atoms with Crippen molar-refractivity contribution in [3.63, 3.8) is 0 Å². The van der Waals surface area contributed by atoms with Gasteiger partial charge in [0, 0.05) is 63.9 Å². The van der Waals surface area contributed by atoms with Gasteiger partial charge in [0.15, 0.2) is 5.82 Å². The number of rotatable bonds is 7. The molecular formula is C25H25FN10O. The number of aromatic nitrogens is 8. The minimum absolute atomic E-state index is 0.109. The van der Waals surface area contributed by atoms with Crippen LogP contribution in [0.3, 0.4) is 0 Å². The van der Waals surface area contributed by atoms with Gasteiger partial charge in [0.2, 0.25) is 5.95 Å². The standard InChI is InChI=1S/C25H25FN10O/c1-37-17-22-16-34(8-9-36(22)23-4-6-27-18-32-23)25-30-12-20(13-31-25)3-2-19-10-28-24(29-11-19)21-14-33-35(15-21)7-5-26/h4,6,10-15,18,22H,5,7-9,16-17H2,1H3/t22-/m1/s1. The van der Waals surface area contributed by atoms with Crippen LogP contribution in [-0.4, -0.2) is 85.8 Å². The monoisotopic (exact) mass is 500 g/mol. The number of ether oxygens (including phenoxy) is 1. The Morgan fingerprint density at radius 3 is 2.43 bits per heavy atom. The second-order valence-electron chi connectivity index (χ2n) is 8.31. The molecule has 37 heavy (non-hydrogen) atoms. The summed E-state index contributed by atoms with van der Waals surface area (Å²) in [4.78, 5) is 30.5. The third kappa shape index (κ3) is 5.84. The Morgan fingerprint density at radius 1 is 1.00 bits per heavy atom. The fraction of sp³-hybridized carbons (Fsp3) is 0.320. The first-order chi connectivity index (χ1) is 18.2. The molecule has 1 saturated heterocycles. The Hall–Kier alpha value is -4.50. The van der Waals surface area contributed by atoms with Gasteiger partial charge in [-0.15, -0.1) is 0 Å². The van der Waals surface area contributed by atoms with E-state index in [1.807, 2.05) is 6.07 Å². The highest BCUT2D eigenvalue weighted by Crippen LogP contribution is 2.20. The maximum atomic E-state index is 12.5. The summed E-state index contributed by atoms with van der Waals surface area (Å²) in [6.45, 7) is 2.52. The molecule has 12 heteroatoms. The molecule has 0 radical (unpaired) electrons. The summed E-state index contributed by atoms with van der Waals surface area (Å²) < 4.78 is 19.4. The molecule has 1 aliphatic heterocycles. The van der Waals surface area contributed by atoms with Crippen LogP contribution in [0.2, 0.25) is 0 Å². The van der Waals surface area contributed by atoms with Crippen molar-refractivity contribution in [2.75, 3.05) is 49.8 Å². The van der Waals surface area contributed by atoms with E-state index >= 15 is 0 Å². The average Bonchev–Trinajstić information content (AvgIpc) is 3.42. The number of piperazine rings is 1. The van der Waals surface area contributed by atoms with Gasteiger partial charge < -0.3 is 14.5 Å². The van der Waals surface area contributed by atoms with Crippen molar-refractivity contribution in [1.29, 1.82) is 0 Å². The van der Waals surface area contributed by atoms with Crippen molar-refractivity contribution >= 4 is 11.8 Å². The lowest BCUT2D eigenvalue weighted by molar-refractivity contribution is 0.173. The molecule has 0 bridgehead atoms. The number of methoxy groups -OCH3 is 1. The Kier molecular flexibility index (Phi) is 7.52. The molecule has 1 fully saturated rings. The van der Waals surface area contributed by atoms with Crippen LogP contribution in [-0.2, 0) is 11.3 Å². The molecule has 11 nitrogen and oxygen atoms in total. The average molecular weight is 501 g/mol. The van der Waals surface area contributed by atoms with Crippen LogP contribution in [0.15, 0.2) is 55.8 Å². The molecule has 1 aliphatic rings. The minimum atomic E-state index is -0.476. The number of nitrogens with zero attached hydrogens (tertiary/aromatic N) is 10. The van der Waals surface area contributed by atoms with Crippen molar-refractivity contribution in [3.8, 4) is 23.2 Å². The molecule has 1 atom stereocenters. The van der Waals surface area contributed by atoms with Crippen LogP contribution in [0.5, 0.6) is 0 Å². The van der Waals surface area contributed by atoms with Gasteiger partial charge in [0.25, 0.3) is 0 Å². The van der Waals surface area contributed by atoms with Crippen molar-refractivity contribution in [2.45, 2.75) is 12.6 Å². The quantitative estimate of drug-likeness (QED) is 0.347. The lowest BCUT2D eigenvalue weighted by atomic mass is 10.2. The van der Waals surface area contributed by atoms with E-state index in [1.165, 1.54) is 4.68 Å². The molecule has 4 aromatic rings. The van der Waals surface area contributed by atoms with Crippen molar-refractivity contribution < 1.29 is 9.13 Å². The van der Waals surface area contributed by atoms with E-state index in [0.29, 0.717) is 36.1 Å². The molecular weight excluding hydrogens is 475 g/mol. The summed E-state index contributed by atoms with van der Waals surface area (Å²) >= 11 is 0. The van der Waals surface area contributed by atoms with Crippen molar-refractivity contribution in [1.82, 2.24) is 39.7 Å². The minimum Gasteiger partial charge on any atom is -0.382 e. The largest absolute Gasteiger partial charge is 0.382 e. The normalized spacial score (nSPS) is 15.4. The summed E-state index contributed by atoms with van der Waals surface area (Å²) in [7, 11) is 1.70. The van der Waals surface area contributed by atoms with Crippen LogP contribution < -0.4 is 9.80 Å². The maximum Gasteiger partial charge on any atom is 0.225 e. The Bertz CT molecular complexity index is 1350. The zero-order valence-electron chi connectivity index (χ0n) is 20.3. The van der Waals surface area contributed by atoms with Crippen LogP contribution in [0.4, 0.5) is 16.2 Å². The van der Waals surface area contributed by atoms with E-state index < -0.39 is 6.67 Å². The second-order valence-corrected chi connectivity index (χ2v) is 8.31. The number of hydrogen-bond donors (Lipinski definition) is 0. The first-order valence-electron chi connectivity index (χ1n) is 11.7. The van der Waals surface area contributed by atoms with E-state index in [9.17, 15) is 4.39 Å². The molecule has 188 valence electrons. The van der Waals surface area contributed by atoms with Gasteiger partial charge in [-0.2, -0.15) is 5.10 Å². The smallest absolute Gasteiger partial charge is 0.225 e. The van der Waals surface area contributed by atoms with E-state index in [0.717, 1.165) is 24.5 Å². The highest BCUT2D eigenvalue weighted by atomic mass is 19.1. The van der Waals surface area contributed by atoms with Crippen LogP contribution in [0, 0.1) is 11.8 Å². The first kappa shape index (κ1) is 24.2. The number of alkyl halides is 1. The van der Waals surface area contributed by atoms with Gasteiger partial charge >= 0.3 is 0 Å². The van der Waals surface area contributed by atoms with Crippen molar-refractivity contribution in [3.05, 3.63) is 66.9 Å². The maximum absolute atomic E-state index is 12.5. The second kappa shape index (κ2) is 11.5. The van der Waals surface area contributed by atoms with Gasteiger partial charge in [-0.3, -0.25) is 4.68 Å². The van der Waals surface area contributed by atoms with Crippen LogP contribution >= 0.6 is 0 Å². The van der Waals surface area contributed by atoms with E-state index in [4.69, 9.17) is 4.74 Å². The molecule has 5 rings (SSSR count). The first-order valence-corrected chi connectivity index (χ1v) is 11.7. The Labute approximate surface area is 213 Å². The number of anilines is 2. The highest BCUT2D eigenvalue weighted by molar-refractivity contribution is 5.52. The van der Waals surface area contributed by atoms with Gasteiger partial charge in [0.1, 0.15) is 18.8 Å². The number of hydrogen-bond acceptors (Lipinski definition) is 10. The fourth-order valence-electron chi connectivity index (χ4n) is 4.05. The molecule has 0 saturated carbocycles. The zero-order chi connectivity index (χ0) is 25.5. The van der Waals surface area contributed by atoms with Crippen LogP contribution in [0.25, 0.3) is 11.4 Å². The Morgan fingerprint density at radius 2 is 1.76 bits per heavy atom. The topological polar surface area (TPSA) is 111 Å². The third-order valence-corrected chi connectivity index (χ3v) is 5.83. The van der Waals surface area contributed by atoms with Gasteiger partial charge in [0.05, 0.1) is 42.1 Å². The number of halogens is 1. The predicted octanol–water partition coefficient (Wildman–Crippen LogP) is 1.63. The summed E-state index contributed by atoms with van der Waals surface area (Å²) in [5.74, 6) is 8.13. The molecule has 0 aliphatic carbocycles. The molecule has 0 unspecified atom stereocenters. The lowest BCUT2D eigenvalue weighted by Crippen LogP contribution is -2.56. The van der Waals surface area contributed by atoms with E-state index in [1.54, 1.807) is 56.8 Å². The highest BCUT2D eigenvalue weighted by Gasteiger charge is 2.29. The summed E-state index contributed by atoms with van der Waals surface area (Å²) in [5.41, 5.74) is 2.07.